The van der Waals surface area contributed by atoms with E-state index in [1.165, 1.54) is 13.2 Å². The van der Waals surface area contributed by atoms with Gasteiger partial charge in [0.1, 0.15) is 11.8 Å². The molecule has 0 saturated carbocycles. The standard InChI is InChI=1S/C16H21NO4/c1-4-14(16(19)20-3)17-15(18)11-8-12-6-9-13(10-7-12)21-5-2/h6-11,14H,4-5H2,1-3H3,(H,17,18)/b11-8+. The molecule has 21 heavy (non-hydrogen) atoms. The number of carbonyl (C=O) groups is 2. The lowest BCUT2D eigenvalue weighted by atomic mass is 10.2. The molecule has 1 atom stereocenters. The van der Waals surface area contributed by atoms with Crippen molar-refractivity contribution in [3.05, 3.63) is 35.9 Å². The maximum Gasteiger partial charge on any atom is 0.328 e. The fraction of sp³-hybridized carbons (Fsp3) is 0.375. The smallest absolute Gasteiger partial charge is 0.328 e. The van der Waals surface area contributed by atoms with Crippen molar-refractivity contribution in [3.8, 4) is 5.75 Å². The van der Waals surface area contributed by atoms with Crippen LogP contribution in [0.3, 0.4) is 0 Å². The summed E-state index contributed by atoms with van der Waals surface area (Å²) in [4.78, 5) is 23.1. The van der Waals surface area contributed by atoms with Crippen molar-refractivity contribution in [1.29, 1.82) is 0 Å². The monoisotopic (exact) mass is 291 g/mol. The molecule has 0 aromatic heterocycles. The highest BCUT2D eigenvalue weighted by molar-refractivity contribution is 5.94. The van der Waals surface area contributed by atoms with E-state index in [1.807, 2.05) is 31.2 Å². The van der Waals surface area contributed by atoms with Gasteiger partial charge in [-0.15, -0.1) is 0 Å². The third-order valence-electron chi connectivity index (χ3n) is 2.83. The van der Waals surface area contributed by atoms with Crippen LogP contribution in [0.2, 0.25) is 0 Å². The van der Waals surface area contributed by atoms with Crippen LogP contribution in [0.1, 0.15) is 25.8 Å². The second kappa shape index (κ2) is 8.79. The quantitative estimate of drug-likeness (QED) is 0.617. The Labute approximate surface area is 124 Å². The van der Waals surface area contributed by atoms with Gasteiger partial charge < -0.3 is 14.8 Å². The topological polar surface area (TPSA) is 64.6 Å². The highest BCUT2D eigenvalue weighted by Gasteiger charge is 2.17. The Morgan fingerprint density at radius 1 is 1.24 bits per heavy atom. The van der Waals surface area contributed by atoms with Gasteiger partial charge in [0.15, 0.2) is 0 Å². The molecule has 0 aliphatic rings. The summed E-state index contributed by atoms with van der Waals surface area (Å²) < 4.78 is 9.95. The van der Waals surface area contributed by atoms with Crippen molar-refractivity contribution in [2.45, 2.75) is 26.3 Å². The maximum atomic E-state index is 11.7. The van der Waals surface area contributed by atoms with Gasteiger partial charge in [-0.3, -0.25) is 4.79 Å². The Kier molecular flexibility index (Phi) is 7.01. The van der Waals surface area contributed by atoms with E-state index in [9.17, 15) is 9.59 Å². The predicted octanol–water partition coefficient (Wildman–Crippen LogP) is 2.17. The van der Waals surface area contributed by atoms with E-state index in [4.69, 9.17) is 4.74 Å². The zero-order valence-electron chi connectivity index (χ0n) is 12.6. The van der Waals surface area contributed by atoms with Crippen LogP contribution < -0.4 is 10.1 Å². The lowest BCUT2D eigenvalue weighted by Gasteiger charge is -2.12. The van der Waals surface area contributed by atoms with Gasteiger partial charge in [0.2, 0.25) is 5.91 Å². The lowest BCUT2D eigenvalue weighted by Crippen LogP contribution is -2.40. The Morgan fingerprint density at radius 2 is 1.90 bits per heavy atom. The Hall–Kier alpha value is -2.30. The maximum absolute atomic E-state index is 11.7. The Morgan fingerprint density at radius 3 is 2.43 bits per heavy atom. The molecule has 1 unspecified atom stereocenters. The number of ether oxygens (including phenoxy) is 2. The fourth-order valence-corrected chi connectivity index (χ4v) is 1.70. The third-order valence-corrected chi connectivity index (χ3v) is 2.83. The summed E-state index contributed by atoms with van der Waals surface area (Å²) in [5.41, 5.74) is 0.875. The van der Waals surface area contributed by atoms with Crippen molar-refractivity contribution in [3.63, 3.8) is 0 Å². The molecule has 0 spiro atoms. The first-order chi connectivity index (χ1) is 10.1. The number of nitrogens with one attached hydrogen (secondary N) is 1. The van der Waals surface area contributed by atoms with E-state index in [0.717, 1.165) is 11.3 Å². The van der Waals surface area contributed by atoms with Crippen LogP contribution >= 0.6 is 0 Å². The second-order valence-corrected chi connectivity index (χ2v) is 4.33. The summed E-state index contributed by atoms with van der Waals surface area (Å²) >= 11 is 0. The summed E-state index contributed by atoms with van der Waals surface area (Å²) in [6.45, 7) is 4.34. The van der Waals surface area contributed by atoms with Gasteiger partial charge in [0.25, 0.3) is 0 Å². The van der Waals surface area contributed by atoms with Crippen molar-refractivity contribution < 1.29 is 19.1 Å². The van der Waals surface area contributed by atoms with Gasteiger partial charge in [-0.1, -0.05) is 19.1 Å². The molecule has 1 aromatic rings. The molecular formula is C16H21NO4. The molecule has 0 aliphatic carbocycles. The summed E-state index contributed by atoms with van der Waals surface area (Å²) in [5, 5.41) is 2.59. The average Bonchev–Trinajstić information content (AvgIpc) is 2.51. The molecule has 0 bridgehead atoms. The largest absolute Gasteiger partial charge is 0.494 e. The van der Waals surface area contributed by atoms with Crippen molar-refractivity contribution >= 4 is 18.0 Å². The molecule has 1 rings (SSSR count). The first-order valence-electron chi connectivity index (χ1n) is 6.90. The van der Waals surface area contributed by atoms with Crippen molar-refractivity contribution in [1.82, 2.24) is 5.32 Å². The number of hydrogen-bond donors (Lipinski definition) is 1. The molecule has 0 fully saturated rings. The highest BCUT2D eigenvalue weighted by atomic mass is 16.5. The Bertz CT molecular complexity index is 494. The van der Waals surface area contributed by atoms with Gasteiger partial charge in [-0.2, -0.15) is 0 Å². The van der Waals surface area contributed by atoms with E-state index in [1.54, 1.807) is 13.0 Å². The minimum Gasteiger partial charge on any atom is -0.494 e. The van der Waals surface area contributed by atoms with Gasteiger partial charge >= 0.3 is 5.97 Å². The van der Waals surface area contributed by atoms with E-state index in [0.29, 0.717) is 13.0 Å². The predicted molar refractivity (Wildman–Crippen MR) is 80.9 cm³/mol. The minimum absolute atomic E-state index is 0.332. The zero-order valence-corrected chi connectivity index (χ0v) is 12.6. The fourth-order valence-electron chi connectivity index (χ4n) is 1.70. The van der Waals surface area contributed by atoms with Crippen molar-refractivity contribution in [2.75, 3.05) is 13.7 Å². The zero-order chi connectivity index (χ0) is 15.7. The molecule has 0 saturated heterocycles. The summed E-state index contributed by atoms with van der Waals surface area (Å²) in [5.74, 6) is 0.0114. The first kappa shape index (κ1) is 16.8. The van der Waals surface area contributed by atoms with Crippen molar-refractivity contribution in [2.24, 2.45) is 0 Å². The molecule has 0 aliphatic heterocycles. The van der Waals surface area contributed by atoms with Crippen LogP contribution in [0.25, 0.3) is 6.08 Å². The van der Waals surface area contributed by atoms with Crippen LogP contribution in [0.4, 0.5) is 0 Å². The summed E-state index contributed by atoms with van der Waals surface area (Å²) in [7, 11) is 1.30. The number of amides is 1. The van der Waals surface area contributed by atoms with Gasteiger partial charge in [-0.05, 0) is 37.1 Å². The molecule has 114 valence electrons. The molecule has 0 heterocycles. The number of hydrogen-bond acceptors (Lipinski definition) is 4. The number of benzene rings is 1. The van der Waals surface area contributed by atoms with Gasteiger partial charge in [-0.25, -0.2) is 4.79 Å². The van der Waals surface area contributed by atoms with Crippen LogP contribution in [-0.2, 0) is 14.3 Å². The summed E-state index contributed by atoms with van der Waals surface area (Å²) in [6.07, 6.45) is 3.55. The van der Waals surface area contributed by atoms with E-state index >= 15 is 0 Å². The molecule has 1 amide bonds. The number of rotatable bonds is 7. The number of carbonyl (C=O) groups excluding carboxylic acids is 2. The molecule has 5 nitrogen and oxygen atoms in total. The molecule has 1 aromatic carbocycles. The normalized spacial score (nSPS) is 12.0. The number of methoxy groups -OCH3 is 1. The SMILES string of the molecule is CCOc1ccc(/C=C/C(=O)NC(CC)C(=O)OC)cc1. The highest BCUT2D eigenvalue weighted by Crippen LogP contribution is 2.12. The summed E-state index contributed by atoms with van der Waals surface area (Å²) in [6, 6.07) is 6.76. The van der Waals surface area contributed by atoms with Gasteiger partial charge in [0.05, 0.1) is 13.7 Å². The molecular weight excluding hydrogens is 270 g/mol. The third kappa shape index (κ3) is 5.69. The number of esters is 1. The van der Waals surface area contributed by atoms with E-state index in [-0.39, 0.29) is 5.91 Å². The minimum atomic E-state index is -0.618. The Balaban J connectivity index is 2.58. The van der Waals surface area contributed by atoms with Crippen LogP contribution in [0.15, 0.2) is 30.3 Å². The second-order valence-electron chi connectivity index (χ2n) is 4.33. The van der Waals surface area contributed by atoms with Crippen LogP contribution in [0, 0.1) is 0 Å². The van der Waals surface area contributed by atoms with E-state index < -0.39 is 12.0 Å². The molecule has 5 heteroatoms. The first-order valence-corrected chi connectivity index (χ1v) is 6.90. The van der Waals surface area contributed by atoms with Crippen LogP contribution in [0.5, 0.6) is 5.75 Å². The lowest BCUT2D eigenvalue weighted by molar-refractivity contribution is -0.144. The molecule has 1 N–H and O–H groups in total. The van der Waals surface area contributed by atoms with E-state index in [2.05, 4.69) is 10.1 Å². The molecule has 0 radical (unpaired) electrons. The average molecular weight is 291 g/mol. The van der Waals surface area contributed by atoms with Gasteiger partial charge in [0, 0.05) is 6.08 Å². The van der Waals surface area contributed by atoms with Crippen LogP contribution in [-0.4, -0.2) is 31.6 Å².